The molecule has 124 valence electrons. The van der Waals surface area contributed by atoms with E-state index in [0.29, 0.717) is 24.5 Å². The first-order chi connectivity index (χ1) is 11.8. The van der Waals surface area contributed by atoms with Gasteiger partial charge in [0.25, 0.3) is 5.91 Å². The number of nitrogens with zero attached hydrogens (tertiary/aromatic N) is 3. The Labute approximate surface area is 143 Å². The van der Waals surface area contributed by atoms with Gasteiger partial charge in [0.15, 0.2) is 0 Å². The zero-order valence-electron chi connectivity index (χ0n) is 13.1. The molecular weight excluding hydrogens is 326 g/mol. The SMILES string of the molecule is O=C(c1ccoc1)N1CCN(Cc2coc(-c3cccs3)n2)CC1. The lowest BCUT2D eigenvalue weighted by Gasteiger charge is -2.34. The van der Waals surface area contributed by atoms with Crippen LogP contribution in [0.5, 0.6) is 0 Å². The predicted molar refractivity (Wildman–Crippen MR) is 89.7 cm³/mol. The summed E-state index contributed by atoms with van der Waals surface area (Å²) < 4.78 is 10.5. The van der Waals surface area contributed by atoms with E-state index in [1.165, 1.54) is 12.5 Å². The number of furan rings is 1. The lowest BCUT2D eigenvalue weighted by atomic mass is 10.2. The first kappa shape index (κ1) is 15.2. The average Bonchev–Trinajstić information content (AvgIpc) is 3.36. The van der Waals surface area contributed by atoms with Gasteiger partial charge in [0.1, 0.15) is 12.5 Å². The van der Waals surface area contributed by atoms with Gasteiger partial charge in [-0.15, -0.1) is 11.3 Å². The van der Waals surface area contributed by atoms with E-state index < -0.39 is 0 Å². The fourth-order valence-corrected chi connectivity index (χ4v) is 3.46. The molecule has 0 aromatic carbocycles. The monoisotopic (exact) mass is 343 g/mol. The van der Waals surface area contributed by atoms with Gasteiger partial charge < -0.3 is 13.7 Å². The van der Waals surface area contributed by atoms with Crippen LogP contribution in [0, 0.1) is 0 Å². The summed E-state index contributed by atoms with van der Waals surface area (Å²) in [5.41, 5.74) is 1.54. The van der Waals surface area contributed by atoms with Crippen LogP contribution in [0.4, 0.5) is 0 Å². The quantitative estimate of drug-likeness (QED) is 0.729. The van der Waals surface area contributed by atoms with Crippen molar-refractivity contribution in [2.45, 2.75) is 6.54 Å². The third-order valence-electron chi connectivity index (χ3n) is 4.10. The summed E-state index contributed by atoms with van der Waals surface area (Å²) in [5.74, 6) is 0.707. The minimum Gasteiger partial charge on any atom is -0.472 e. The van der Waals surface area contributed by atoms with Gasteiger partial charge >= 0.3 is 0 Å². The summed E-state index contributed by atoms with van der Waals surface area (Å²) in [6.07, 6.45) is 4.74. The van der Waals surface area contributed by atoms with E-state index in [0.717, 1.165) is 30.2 Å². The third-order valence-corrected chi connectivity index (χ3v) is 4.95. The van der Waals surface area contributed by atoms with E-state index in [4.69, 9.17) is 8.83 Å². The molecular formula is C17H17N3O3S. The normalized spacial score (nSPS) is 15.8. The lowest BCUT2D eigenvalue weighted by molar-refractivity contribution is 0.0626. The van der Waals surface area contributed by atoms with E-state index in [9.17, 15) is 4.79 Å². The molecule has 1 aliphatic heterocycles. The second-order valence-corrected chi connectivity index (χ2v) is 6.65. The highest BCUT2D eigenvalue weighted by Gasteiger charge is 2.23. The number of hydrogen-bond acceptors (Lipinski definition) is 6. The van der Waals surface area contributed by atoms with E-state index in [1.807, 2.05) is 22.4 Å². The molecule has 6 nitrogen and oxygen atoms in total. The van der Waals surface area contributed by atoms with Crippen molar-refractivity contribution in [3.05, 3.63) is 53.6 Å². The second-order valence-electron chi connectivity index (χ2n) is 5.70. The fourth-order valence-electron chi connectivity index (χ4n) is 2.80. The number of oxazole rings is 1. The van der Waals surface area contributed by atoms with Crippen LogP contribution in [0.15, 0.2) is 51.2 Å². The molecule has 0 atom stereocenters. The molecule has 0 saturated carbocycles. The van der Waals surface area contributed by atoms with Gasteiger partial charge in [-0.05, 0) is 17.5 Å². The van der Waals surface area contributed by atoms with Crippen molar-refractivity contribution in [3.8, 4) is 10.8 Å². The first-order valence-electron chi connectivity index (χ1n) is 7.82. The molecule has 3 aromatic heterocycles. The molecule has 1 amide bonds. The average molecular weight is 343 g/mol. The van der Waals surface area contributed by atoms with E-state index in [1.54, 1.807) is 23.7 Å². The molecule has 0 spiro atoms. The second kappa shape index (κ2) is 6.62. The summed E-state index contributed by atoms with van der Waals surface area (Å²) in [5, 5.41) is 2.01. The fraction of sp³-hybridized carbons (Fsp3) is 0.294. The molecule has 4 rings (SSSR count). The number of piperazine rings is 1. The van der Waals surface area contributed by atoms with Crippen LogP contribution in [0.3, 0.4) is 0 Å². The molecule has 0 aliphatic carbocycles. The highest BCUT2D eigenvalue weighted by Crippen LogP contribution is 2.24. The number of amides is 1. The Morgan fingerprint density at radius 1 is 1.21 bits per heavy atom. The minimum absolute atomic E-state index is 0.0322. The molecule has 24 heavy (non-hydrogen) atoms. The molecule has 0 radical (unpaired) electrons. The molecule has 1 fully saturated rings. The lowest BCUT2D eigenvalue weighted by Crippen LogP contribution is -2.48. The van der Waals surface area contributed by atoms with Crippen LogP contribution in [-0.2, 0) is 6.54 Å². The third kappa shape index (κ3) is 3.13. The van der Waals surface area contributed by atoms with Crippen molar-refractivity contribution in [1.82, 2.24) is 14.8 Å². The number of rotatable bonds is 4. The van der Waals surface area contributed by atoms with Crippen LogP contribution in [0.2, 0.25) is 0 Å². The Bertz CT molecular complexity index is 787. The van der Waals surface area contributed by atoms with Gasteiger partial charge in [-0.3, -0.25) is 9.69 Å². The summed E-state index contributed by atoms with van der Waals surface area (Å²) >= 11 is 1.62. The molecule has 1 saturated heterocycles. The van der Waals surface area contributed by atoms with Crippen molar-refractivity contribution >= 4 is 17.2 Å². The highest BCUT2D eigenvalue weighted by molar-refractivity contribution is 7.13. The van der Waals surface area contributed by atoms with Crippen molar-refractivity contribution in [3.63, 3.8) is 0 Å². The van der Waals surface area contributed by atoms with Crippen molar-refractivity contribution in [2.24, 2.45) is 0 Å². The van der Waals surface area contributed by atoms with Crippen molar-refractivity contribution < 1.29 is 13.6 Å². The molecule has 1 aliphatic rings. The van der Waals surface area contributed by atoms with Gasteiger partial charge in [-0.1, -0.05) is 6.07 Å². The Morgan fingerprint density at radius 2 is 2.08 bits per heavy atom. The van der Waals surface area contributed by atoms with Crippen LogP contribution < -0.4 is 0 Å². The van der Waals surface area contributed by atoms with Gasteiger partial charge in [0, 0.05) is 32.7 Å². The Morgan fingerprint density at radius 3 is 2.79 bits per heavy atom. The van der Waals surface area contributed by atoms with Gasteiger partial charge in [-0.2, -0.15) is 0 Å². The zero-order valence-corrected chi connectivity index (χ0v) is 13.9. The van der Waals surface area contributed by atoms with Crippen LogP contribution in [0.25, 0.3) is 10.8 Å². The van der Waals surface area contributed by atoms with Crippen LogP contribution in [-0.4, -0.2) is 46.9 Å². The van der Waals surface area contributed by atoms with Crippen molar-refractivity contribution in [1.29, 1.82) is 0 Å². The summed E-state index contributed by atoms with van der Waals surface area (Å²) in [6.45, 7) is 3.80. The van der Waals surface area contributed by atoms with Crippen LogP contribution in [0.1, 0.15) is 16.1 Å². The number of hydrogen-bond donors (Lipinski definition) is 0. The Kier molecular flexibility index (Phi) is 4.18. The number of thiophene rings is 1. The number of carbonyl (C=O) groups is 1. The van der Waals surface area contributed by atoms with Gasteiger partial charge in [0.2, 0.25) is 5.89 Å². The smallest absolute Gasteiger partial charge is 0.257 e. The molecule has 0 N–H and O–H groups in total. The maximum absolute atomic E-state index is 12.3. The standard InChI is InChI=1S/C17H17N3O3S/c21-17(13-3-8-22-11-13)20-6-4-19(5-7-20)10-14-12-23-16(18-14)15-2-1-9-24-15/h1-3,8-9,11-12H,4-7,10H2. The van der Waals surface area contributed by atoms with Gasteiger partial charge in [0.05, 0.1) is 22.4 Å². The minimum atomic E-state index is 0.0322. The summed E-state index contributed by atoms with van der Waals surface area (Å²) in [6, 6.07) is 5.69. The van der Waals surface area contributed by atoms with Crippen LogP contribution >= 0.6 is 11.3 Å². The highest BCUT2D eigenvalue weighted by atomic mass is 32.1. The van der Waals surface area contributed by atoms with E-state index in [-0.39, 0.29) is 5.91 Å². The van der Waals surface area contributed by atoms with E-state index >= 15 is 0 Å². The number of aromatic nitrogens is 1. The first-order valence-corrected chi connectivity index (χ1v) is 8.70. The van der Waals surface area contributed by atoms with E-state index in [2.05, 4.69) is 9.88 Å². The topological polar surface area (TPSA) is 62.7 Å². The number of carbonyl (C=O) groups excluding carboxylic acids is 1. The molecule has 0 bridgehead atoms. The summed E-state index contributed by atoms with van der Waals surface area (Å²) in [7, 11) is 0. The Hall–Kier alpha value is -2.38. The van der Waals surface area contributed by atoms with Gasteiger partial charge in [-0.25, -0.2) is 4.98 Å². The van der Waals surface area contributed by atoms with Crippen molar-refractivity contribution in [2.75, 3.05) is 26.2 Å². The largest absolute Gasteiger partial charge is 0.472 e. The predicted octanol–water partition coefficient (Wildman–Crippen LogP) is 2.95. The summed E-state index contributed by atoms with van der Waals surface area (Å²) in [4.78, 5) is 22.0. The molecule has 4 heterocycles. The molecule has 7 heteroatoms. The zero-order chi connectivity index (χ0) is 16.4. The Balaban J connectivity index is 1.33. The molecule has 0 unspecified atom stereocenters. The molecule has 3 aromatic rings. The maximum atomic E-state index is 12.3. The maximum Gasteiger partial charge on any atom is 0.257 e.